The molecular formula is C21H24BN3O2. The summed E-state index contributed by atoms with van der Waals surface area (Å²) in [6, 6.07) is 18.4. The Balaban J connectivity index is 1.46. The molecule has 0 amide bonds. The summed E-state index contributed by atoms with van der Waals surface area (Å²) in [5.74, 6) is 0. The van der Waals surface area contributed by atoms with Gasteiger partial charge in [-0.05, 0) is 38.7 Å². The lowest BCUT2D eigenvalue weighted by molar-refractivity contribution is 0.00578. The van der Waals surface area contributed by atoms with E-state index in [1.54, 1.807) is 0 Å². The fourth-order valence-electron chi connectivity index (χ4n) is 3.06. The normalized spacial score (nSPS) is 18.0. The molecule has 0 unspecified atom stereocenters. The van der Waals surface area contributed by atoms with Crippen LogP contribution in [0, 0.1) is 0 Å². The largest absolute Gasteiger partial charge is 0.494 e. The highest BCUT2D eigenvalue weighted by Crippen LogP contribution is 2.36. The molecule has 1 aliphatic heterocycles. The lowest BCUT2D eigenvalue weighted by atomic mass is 9.79. The molecule has 138 valence electrons. The van der Waals surface area contributed by atoms with E-state index < -0.39 is 0 Å². The molecule has 4 rings (SSSR count). The standard InChI is InChI=1S/C21H24BN3O2/c1-20(2)21(3,4)27-22(26-20)18-12-10-16(11-13-18)14-25-15-19(23-24-25)17-8-6-5-7-9-17/h5-13,15H,14H2,1-4H3. The van der Waals surface area contributed by atoms with Crippen molar-refractivity contribution < 1.29 is 9.31 Å². The molecule has 27 heavy (non-hydrogen) atoms. The first-order valence-corrected chi connectivity index (χ1v) is 9.24. The zero-order valence-electron chi connectivity index (χ0n) is 16.2. The van der Waals surface area contributed by atoms with Crippen molar-refractivity contribution in [1.82, 2.24) is 15.0 Å². The Bertz CT molecular complexity index is 904. The Morgan fingerprint density at radius 1 is 0.889 bits per heavy atom. The van der Waals surface area contributed by atoms with Crippen molar-refractivity contribution in [2.24, 2.45) is 0 Å². The number of hydrogen-bond acceptors (Lipinski definition) is 4. The number of nitrogens with zero attached hydrogens (tertiary/aromatic N) is 3. The van der Waals surface area contributed by atoms with Gasteiger partial charge in [0.25, 0.3) is 0 Å². The molecule has 0 atom stereocenters. The highest BCUT2D eigenvalue weighted by atomic mass is 16.7. The first kappa shape index (κ1) is 18.0. The second kappa shape index (κ2) is 6.62. The van der Waals surface area contributed by atoms with Gasteiger partial charge >= 0.3 is 7.12 Å². The maximum Gasteiger partial charge on any atom is 0.494 e. The molecular weight excluding hydrogens is 337 g/mol. The van der Waals surface area contributed by atoms with Gasteiger partial charge in [0.1, 0.15) is 5.69 Å². The highest BCUT2D eigenvalue weighted by molar-refractivity contribution is 6.62. The van der Waals surface area contributed by atoms with Crippen LogP contribution in [-0.2, 0) is 15.9 Å². The van der Waals surface area contributed by atoms with Crippen molar-refractivity contribution in [3.05, 3.63) is 66.4 Å². The van der Waals surface area contributed by atoms with Crippen LogP contribution in [0.25, 0.3) is 11.3 Å². The first-order chi connectivity index (χ1) is 12.8. The summed E-state index contributed by atoms with van der Waals surface area (Å²) in [6.07, 6.45) is 1.97. The Kier molecular flexibility index (Phi) is 4.40. The van der Waals surface area contributed by atoms with Crippen LogP contribution in [0.5, 0.6) is 0 Å². The van der Waals surface area contributed by atoms with E-state index in [-0.39, 0.29) is 18.3 Å². The number of rotatable bonds is 4. The average molecular weight is 361 g/mol. The minimum Gasteiger partial charge on any atom is -0.399 e. The van der Waals surface area contributed by atoms with Crippen molar-refractivity contribution in [3.8, 4) is 11.3 Å². The number of benzene rings is 2. The van der Waals surface area contributed by atoms with Crippen molar-refractivity contribution in [1.29, 1.82) is 0 Å². The zero-order valence-corrected chi connectivity index (χ0v) is 16.2. The molecule has 2 aromatic carbocycles. The second-order valence-electron chi connectivity index (χ2n) is 8.00. The van der Waals surface area contributed by atoms with Crippen molar-refractivity contribution in [2.45, 2.75) is 45.4 Å². The lowest BCUT2D eigenvalue weighted by Crippen LogP contribution is -2.41. The minimum absolute atomic E-state index is 0.328. The van der Waals surface area contributed by atoms with Gasteiger partial charge in [-0.1, -0.05) is 59.8 Å². The van der Waals surface area contributed by atoms with Gasteiger partial charge in [-0.15, -0.1) is 5.10 Å². The molecule has 0 bridgehead atoms. The third kappa shape index (κ3) is 3.55. The van der Waals surface area contributed by atoms with Crippen LogP contribution in [0.3, 0.4) is 0 Å². The van der Waals surface area contributed by atoms with E-state index in [0.29, 0.717) is 6.54 Å². The van der Waals surface area contributed by atoms with Crippen molar-refractivity contribution >= 4 is 12.6 Å². The molecule has 6 heteroatoms. The Morgan fingerprint density at radius 3 is 2.15 bits per heavy atom. The Morgan fingerprint density at radius 2 is 1.52 bits per heavy atom. The zero-order chi connectivity index (χ0) is 19.1. The van der Waals surface area contributed by atoms with Crippen LogP contribution >= 0.6 is 0 Å². The molecule has 0 radical (unpaired) electrons. The fourth-order valence-corrected chi connectivity index (χ4v) is 3.06. The molecule has 1 aliphatic rings. The van der Waals surface area contributed by atoms with E-state index in [2.05, 4.69) is 62.3 Å². The summed E-state index contributed by atoms with van der Waals surface area (Å²) in [5.41, 5.74) is 3.47. The topological polar surface area (TPSA) is 49.2 Å². The van der Waals surface area contributed by atoms with Crippen LogP contribution in [0.15, 0.2) is 60.8 Å². The fraction of sp³-hybridized carbons (Fsp3) is 0.333. The first-order valence-electron chi connectivity index (χ1n) is 9.24. The Labute approximate surface area is 160 Å². The van der Waals surface area contributed by atoms with E-state index in [4.69, 9.17) is 9.31 Å². The summed E-state index contributed by atoms with van der Waals surface area (Å²) in [7, 11) is -0.333. The van der Waals surface area contributed by atoms with E-state index in [1.807, 2.05) is 41.2 Å². The summed E-state index contributed by atoms with van der Waals surface area (Å²) in [4.78, 5) is 0. The summed E-state index contributed by atoms with van der Waals surface area (Å²) in [5, 5.41) is 8.51. The summed E-state index contributed by atoms with van der Waals surface area (Å²) >= 11 is 0. The average Bonchev–Trinajstić information content (AvgIpc) is 3.18. The monoisotopic (exact) mass is 361 g/mol. The highest BCUT2D eigenvalue weighted by Gasteiger charge is 2.51. The smallest absolute Gasteiger partial charge is 0.399 e. The van der Waals surface area contributed by atoms with Gasteiger partial charge in [0, 0.05) is 5.56 Å². The third-order valence-corrected chi connectivity index (χ3v) is 5.46. The summed E-state index contributed by atoms with van der Waals surface area (Å²) < 4.78 is 14.1. The van der Waals surface area contributed by atoms with Crippen LogP contribution in [0.2, 0.25) is 0 Å². The van der Waals surface area contributed by atoms with Gasteiger partial charge in [-0.3, -0.25) is 0 Å². The predicted octanol–water partition coefficient (Wildman–Crippen LogP) is 3.29. The van der Waals surface area contributed by atoms with Crippen LogP contribution in [0.4, 0.5) is 0 Å². The van der Waals surface area contributed by atoms with E-state index in [0.717, 1.165) is 22.3 Å². The van der Waals surface area contributed by atoms with Gasteiger partial charge in [-0.25, -0.2) is 4.68 Å². The molecule has 0 saturated carbocycles. The van der Waals surface area contributed by atoms with Crippen molar-refractivity contribution in [2.75, 3.05) is 0 Å². The van der Waals surface area contributed by atoms with E-state index in [1.165, 1.54) is 0 Å². The van der Waals surface area contributed by atoms with Gasteiger partial charge < -0.3 is 9.31 Å². The maximum absolute atomic E-state index is 6.11. The molecule has 0 N–H and O–H groups in total. The quantitative estimate of drug-likeness (QED) is 0.669. The second-order valence-corrected chi connectivity index (χ2v) is 8.00. The molecule has 0 spiro atoms. The Hall–Kier alpha value is -2.44. The van der Waals surface area contributed by atoms with Gasteiger partial charge in [0.05, 0.1) is 23.9 Å². The number of aromatic nitrogens is 3. The predicted molar refractivity (Wildman–Crippen MR) is 107 cm³/mol. The van der Waals surface area contributed by atoms with Crippen LogP contribution in [0.1, 0.15) is 33.3 Å². The van der Waals surface area contributed by atoms with Crippen molar-refractivity contribution in [3.63, 3.8) is 0 Å². The van der Waals surface area contributed by atoms with Gasteiger partial charge in [0.2, 0.25) is 0 Å². The molecule has 3 aromatic rings. The van der Waals surface area contributed by atoms with Gasteiger partial charge in [-0.2, -0.15) is 0 Å². The van der Waals surface area contributed by atoms with Gasteiger partial charge in [0.15, 0.2) is 0 Å². The molecule has 5 nitrogen and oxygen atoms in total. The number of hydrogen-bond donors (Lipinski definition) is 0. The van der Waals surface area contributed by atoms with E-state index >= 15 is 0 Å². The molecule has 1 saturated heterocycles. The maximum atomic E-state index is 6.11. The van der Waals surface area contributed by atoms with Crippen LogP contribution in [-0.4, -0.2) is 33.3 Å². The molecule has 2 heterocycles. The van der Waals surface area contributed by atoms with Crippen LogP contribution < -0.4 is 5.46 Å². The lowest BCUT2D eigenvalue weighted by Gasteiger charge is -2.32. The minimum atomic E-state index is -0.333. The SMILES string of the molecule is CC1(C)OB(c2ccc(Cn3cc(-c4ccccc4)nn3)cc2)OC1(C)C. The third-order valence-electron chi connectivity index (χ3n) is 5.46. The molecule has 0 aliphatic carbocycles. The summed E-state index contributed by atoms with van der Waals surface area (Å²) in [6.45, 7) is 8.93. The molecule has 1 aromatic heterocycles. The van der Waals surface area contributed by atoms with E-state index in [9.17, 15) is 0 Å². The molecule has 1 fully saturated rings.